The SMILES string of the molecule is CCOC(=O)C(=O)Nc1ccc(C(=O)N(C)C2CCN(C3CCCCCCCCCCC3)C2)cc1. The highest BCUT2D eigenvalue weighted by molar-refractivity contribution is 6.37. The van der Waals surface area contributed by atoms with Crippen LogP contribution in [0.5, 0.6) is 0 Å². The number of amides is 2. The molecule has 2 aliphatic rings. The van der Waals surface area contributed by atoms with E-state index in [-0.39, 0.29) is 18.6 Å². The van der Waals surface area contributed by atoms with Crippen molar-refractivity contribution in [2.45, 2.75) is 96.1 Å². The fourth-order valence-corrected chi connectivity index (χ4v) is 5.37. The molecule has 1 saturated carbocycles. The Balaban J connectivity index is 1.52. The van der Waals surface area contributed by atoms with Gasteiger partial charge in [-0.25, -0.2) is 4.79 Å². The van der Waals surface area contributed by atoms with Crippen LogP contribution in [0.25, 0.3) is 0 Å². The average Bonchev–Trinajstić information content (AvgIpc) is 3.34. The number of carbonyl (C=O) groups excluding carboxylic acids is 3. The summed E-state index contributed by atoms with van der Waals surface area (Å²) in [6.07, 6.45) is 15.8. The van der Waals surface area contributed by atoms with Crippen molar-refractivity contribution in [2.24, 2.45) is 0 Å². The minimum atomic E-state index is -0.917. The number of esters is 1. The monoisotopic (exact) mass is 485 g/mol. The molecule has 1 aliphatic carbocycles. The molecule has 1 unspecified atom stereocenters. The summed E-state index contributed by atoms with van der Waals surface area (Å²) in [4.78, 5) is 41.0. The number of rotatable bonds is 5. The summed E-state index contributed by atoms with van der Waals surface area (Å²) in [6.45, 7) is 3.80. The molecule has 3 rings (SSSR count). The van der Waals surface area contributed by atoms with Crippen molar-refractivity contribution in [1.29, 1.82) is 0 Å². The van der Waals surface area contributed by atoms with Crippen LogP contribution < -0.4 is 5.32 Å². The Morgan fingerprint density at radius 3 is 2.06 bits per heavy atom. The maximum absolute atomic E-state index is 13.1. The molecule has 35 heavy (non-hydrogen) atoms. The Morgan fingerprint density at radius 2 is 1.49 bits per heavy atom. The van der Waals surface area contributed by atoms with Crippen molar-refractivity contribution in [2.75, 3.05) is 32.1 Å². The summed E-state index contributed by atoms with van der Waals surface area (Å²) in [5, 5.41) is 2.50. The molecule has 1 aliphatic heterocycles. The lowest BCUT2D eigenvalue weighted by atomic mass is 9.97. The highest BCUT2D eigenvalue weighted by Crippen LogP contribution is 2.26. The van der Waals surface area contributed by atoms with Crippen molar-refractivity contribution in [3.8, 4) is 0 Å². The van der Waals surface area contributed by atoms with Gasteiger partial charge in [-0.05, 0) is 50.5 Å². The van der Waals surface area contributed by atoms with E-state index in [1.54, 1.807) is 31.2 Å². The molecular weight excluding hydrogens is 442 g/mol. The molecule has 0 aromatic heterocycles. The number of likely N-dealkylation sites (N-methyl/N-ethyl adjacent to an activating group) is 1. The summed E-state index contributed by atoms with van der Waals surface area (Å²) in [6, 6.07) is 7.53. The van der Waals surface area contributed by atoms with Crippen molar-refractivity contribution >= 4 is 23.5 Å². The molecule has 2 amide bonds. The van der Waals surface area contributed by atoms with E-state index in [4.69, 9.17) is 4.74 Å². The van der Waals surface area contributed by atoms with Crippen molar-refractivity contribution in [3.05, 3.63) is 29.8 Å². The van der Waals surface area contributed by atoms with Gasteiger partial charge in [-0.1, -0.05) is 57.8 Å². The molecule has 2 fully saturated rings. The van der Waals surface area contributed by atoms with E-state index in [9.17, 15) is 14.4 Å². The molecule has 1 aromatic rings. The van der Waals surface area contributed by atoms with Gasteiger partial charge >= 0.3 is 11.9 Å². The third-order valence-corrected chi connectivity index (χ3v) is 7.50. The molecule has 1 N–H and O–H groups in total. The predicted octanol–water partition coefficient (Wildman–Crippen LogP) is 5.01. The number of nitrogens with zero attached hydrogens (tertiary/aromatic N) is 2. The third kappa shape index (κ3) is 8.34. The van der Waals surface area contributed by atoms with Gasteiger partial charge in [0.2, 0.25) is 0 Å². The van der Waals surface area contributed by atoms with Crippen molar-refractivity contribution in [3.63, 3.8) is 0 Å². The highest BCUT2D eigenvalue weighted by atomic mass is 16.5. The normalized spacial score (nSPS) is 20.9. The molecule has 0 bridgehead atoms. The Morgan fingerprint density at radius 1 is 0.914 bits per heavy atom. The van der Waals surface area contributed by atoms with Crippen LogP contribution >= 0.6 is 0 Å². The van der Waals surface area contributed by atoms with Gasteiger partial charge in [0.05, 0.1) is 6.61 Å². The van der Waals surface area contributed by atoms with Crippen molar-refractivity contribution < 1.29 is 19.1 Å². The minimum absolute atomic E-state index is 0.0150. The standard InChI is InChI=1S/C28H43N3O4/c1-3-35-28(34)26(32)29-23-17-15-22(16-18-23)27(33)30(2)25-19-20-31(21-25)24-13-11-9-7-5-4-6-8-10-12-14-24/h15-18,24-25H,3-14,19-21H2,1-2H3,(H,29,32). The molecule has 0 spiro atoms. The predicted molar refractivity (Wildman–Crippen MR) is 138 cm³/mol. The molecule has 7 nitrogen and oxygen atoms in total. The number of benzene rings is 1. The van der Waals surface area contributed by atoms with E-state index in [0.29, 0.717) is 17.3 Å². The summed E-state index contributed by atoms with van der Waals surface area (Å²) >= 11 is 0. The fourth-order valence-electron chi connectivity index (χ4n) is 5.37. The maximum Gasteiger partial charge on any atom is 0.397 e. The van der Waals surface area contributed by atoms with E-state index in [1.165, 1.54) is 70.6 Å². The van der Waals surface area contributed by atoms with Gasteiger partial charge in [-0.15, -0.1) is 0 Å². The number of nitrogens with one attached hydrogen (secondary N) is 1. The zero-order chi connectivity index (χ0) is 25.0. The molecule has 1 saturated heterocycles. The number of hydrogen-bond donors (Lipinski definition) is 1. The minimum Gasteiger partial charge on any atom is -0.459 e. The maximum atomic E-state index is 13.1. The van der Waals surface area contributed by atoms with Gasteiger partial charge in [0, 0.05) is 43.5 Å². The van der Waals surface area contributed by atoms with Crippen LogP contribution in [-0.2, 0) is 14.3 Å². The van der Waals surface area contributed by atoms with Crippen molar-refractivity contribution in [1.82, 2.24) is 9.80 Å². The van der Waals surface area contributed by atoms with Crippen LogP contribution in [0.4, 0.5) is 5.69 Å². The summed E-state index contributed by atoms with van der Waals surface area (Å²) < 4.78 is 4.70. The van der Waals surface area contributed by atoms with E-state index in [2.05, 4.69) is 10.2 Å². The van der Waals surface area contributed by atoms with Gasteiger partial charge in [0.15, 0.2) is 0 Å². The Hall–Kier alpha value is -2.41. The highest BCUT2D eigenvalue weighted by Gasteiger charge is 2.32. The summed E-state index contributed by atoms with van der Waals surface area (Å²) in [7, 11) is 1.90. The fraction of sp³-hybridized carbons (Fsp3) is 0.679. The van der Waals surface area contributed by atoms with Gasteiger partial charge < -0.3 is 15.0 Å². The molecule has 1 atom stereocenters. The first-order chi connectivity index (χ1) is 17.0. The Kier molecular flexibility index (Phi) is 11.0. The first-order valence-electron chi connectivity index (χ1n) is 13.6. The largest absolute Gasteiger partial charge is 0.459 e. The zero-order valence-corrected chi connectivity index (χ0v) is 21.6. The average molecular weight is 486 g/mol. The van der Waals surface area contributed by atoms with Crippen LogP contribution in [0, 0.1) is 0 Å². The van der Waals surface area contributed by atoms with Crippen LogP contribution in [0.1, 0.15) is 94.3 Å². The lowest BCUT2D eigenvalue weighted by Gasteiger charge is -2.30. The second kappa shape index (κ2) is 14.2. The van der Waals surface area contributed by atoms with Gasteiger partial charge in [0.1, 0.15) is 0 Å². The smallest absolute Gasteiger partial charge is 0.397 e. The van der Waals surface area contributed by atoms with Crippen LogP contribution in [0.15, 0.2) is 24.3 Å². The number of likely N-dealkylation sites (tertiary alicyclic amines) is 1. The van der Waals surface area contributed by atoms with Gasteiger partial charge in [-0.2, -0.15) is 0 Å². The van der Waals surface area contributed by atoms with E-state index < -0.39 is 11.9 Å². The Labute approximate surface area is 210 Å². The zero-order valence-electron chi connectivity index (χ0n) is 21.6. The molecule has 7 heteroatoms. The van der Waals surface area contributed by atoms with Gasteiger partial charge in [0.25, 0.3) is 5.91 Å². The summed E-state index contributed by atoms with van der Waals surface area (Å²) in [5.74, 6) is -1.75. The molecule has 1 heterocycles. The quantitative estimate of drug-likeness (QED) is 0.469. The third-order valence-electron chi connectivity index (χ3n) is 7.50. The Bertz CT molecular complexity index is 814. The lowest BCUT2D eigenvalue weighted by molar-refractivity contribution is -0.152. The number of hydrogen-bond acceptors (Lipinski definition) is 5. The second-order valence-electron chi connectivity index (χ2n) is 10.0. The number of anilines is 1. The van der Waals surface area contributed by atoms with E-state index >= 15 is 0 Å². The van der Waals surface area contributed by atoms with Crippen LogP contribution in [-0.4, -0.2) is 66.4 Å². The molecule has 1 aromatic carbocycles. The van der Waals surface area contributed by atoms with Crippen LogP contribution in [0.3, 0.4) is 0 Å². The van der Waals surface area contributed by atoms with Crippen LogP contribution in [0.2, 0.25) is 0 Å². The molecule has 194 valence electrons. The first kappa shape index (κ1) is 27.2. The molecule has 0 radical (unpaired) electrons. The van der Waals surface area contributed by atoms with Gasteiger partial charge in [-0.3, -0.25) is 14.5 Å². The van der Waals surface area contributed by atoms with E-state index in [1.807, 2.05) is 11.9 Å². The molecular formula is C28H43N3O4. The van der Waals surface area contributed by atoms with E-state index in [0.717, 1.165) is 19.5 Å². The number of carbonyl (C=O) groups is 3. The second-order valence-corrected chi connectivity index (χ2v) is 10.0. The number of ether oxygens (including phenoxy) is 1. The first-order valence-corrected chi connectivity index (χ1v) is 13.6. The lowest BCUT2D eigenvalue weighted by Crippen LogP contribution is -2.41. The summed E-state index contributed by atoms with van der Waals surface area (Å²) in [5.41, 5.74) is 1.03. The topological polar surface area (TPSA) is 78.9 Å².